The number of primary amides is 1. The molecule has 2 unspecified atom stereocenters. The Bertz CT molecular complexity index is 1290. The molecule has 2 atom stereocenters. The Morgan fingerprint density at radius 1 is 1.17 bits per heavy atom. The van der Waals surface area contributed by atoms with Gasteiger partial charge in [0.2, 0.25) is 5.91 Å². The molecule has 4 N–H and O–H groups in total. The minimum Gasteiger partial charge on any atom is -0.494 e. The molecule has 1 saturated carbocycles. The van der Waals surface area contributed by atoms with Crippen LogP contribution in [0.15, 0.2) is 36.7 Å². The van der Waals surface area contributed by atoms with E-state index in [1.165, 1.54) is 6.07 Å². The molecule has 188 valence electrons. The molecule has 2 aromatic heterocycles. The molecule has 0 spiro atoms. The molecule has 1 aliphatic carbocycles. The van der Waals surface area contributed by atoms with E-state index in [0.29, 0.717) is 30.3 Å². The summed E-state index contributed by atoms with van der Waals surface area (Å²) in [7, 11) is 3.22. The molecule has 12 heteroatoms. The molecule has 0 bridgehead atoms. The maximum absolute atomic E-state index is 12.2. The number of carbonyl (C=O) groups is 2. The highest BCUT2D eigenvalue weighted by atomic mass is 16.5. The topological polar surface area (TPSA) is 156 Å². The van der Waals surface area contributed by atoms with Gasteiger partial charge in [-0.1, -0.05) is 12.1 Å². The third-order valence-electron chi connectivity index (χ3n) is 6.27. The lowest BCUT2D eigenvalue weighted by atomic mass is 10.1. The van der Waals surface area contributed by atoms with Gasteiger partial charge in [-0.05, 0) is 18.9 Å². The zero-order valence-corrected chi connectivity index (χ0v) is 19.9. The van der Waals surface area contributed by atoms with Gasteiger partial charge >= 0.3 is 0 Å². The van der Waals surface area contributed by atoms with Crippen LogP contribution in [0.4, 0.5) is 17.2 Å². The van der Waals surface area contributed by atoms with Crippen molar-refractivity contribution in [2.45, 2.75) is 25.0 Å². The van der Waals surface area contributed by atoms with Gasteiger partial charge in [-0.15, -0.1) is 10.2 Å². The molecule has 2 aliphatic rings. The Labute approximate surface area is 207 Å². The first-order chi connectivity index (χ1) is 17.5. The maximum atomic E-state index is 12.2. The molecular weight excluding hydrogens is 466 g/mol. The van der Waals surface area contributed by atoms with Crippen molar-refractivity contribution in [2.75, 3.05) is 38.1 Å². The molecule has 3 aromatic rings. The van der Waals surface area contributed by atoms with Gasteiger partial charge in [0.25, 0.3) is 5.91 Å². The Hall–Kier alpha value is -4.03. The summed E-state index contributed by atoms with van der Waals surface area (Å²) in [4.78, 5) is 24.2. The second kappa shape index (κ2) is 9.91. The number of hydrogen-bond donors (Lipinski definition) is 3. The Kier molecular flexibility index (Phi) is 6.53. The number of rotatable bonds is 9. The third-order valence-corrected chi connectivity index (χ3v) is 6.27. The molecule has 2 amide bonds. The summed E-state index contributed by atoms with van der Waals surface area (Å²) < 4.78 is 18.6. The summed E-state index contributed by atoms with van der Waals surface area (Å²) in [6, 6.07) is 7.06. The summed E-state index contributed by atoms with van der Waals surface area (Å²) in [5.41, 5.74) is 7.93. The van der Waals surface area contributed by atoms with Crippen LogP contribution in [0, 0.1) is 5.92 Å². The Morgan fingerprint density at radius 2 is 2.00 bits per heavy atom. The molecule has 36 heavy (non-hydrogen) atoms. The number of para-hydroxylation sites is 1. The van der Waals surface area contributed by atoms with Crippen LogP contribution in [-0.4, -0.2) is 65.3 Å². The van der Waals surface area contributed by atoms with E-state index in [0.717, 1.165) is 24.0 Å². The number of nitrogens with two attached hydrogens (primary N) is 1. The van der Waals surface area contributed by atoms with E-state index in [-0.39, 0.29) is 35.5 Å². The van der Waals surface area contributed by atoms with Crippen LogP contribution in [-0.2, 0) is 14.3 Å². The number of nitrogens with one attached hydrogen (secondary N) is 2. The van der Waals surface area contributed by atoms with E-state index >= 15 is 0 Å². The number of carbonyl (C=O) groups excluding carboxylic acids is 2. The smallest absolute Gasteiger partial charge is 0.271 e. The maximum Gasteiger partial charge on any atom is 0.271 e. The van der Waals surface area contributed by atoms with Gasteiger partial charge in [0, 0.05) is 36.4 Å². The van der Waals surface area contributed by atoms with Crippen LogP contribution < -0.4 is 21.1 Å². The normalized spacial score (nSPS) is 19.2. The average Bonchev–Trinajstić information content (AvgIpc) is 3.42. The first-order valence-corrected chi connectivity index (χ1v) is 11.6. The standard InChI is InChI=1S/C24H27N7O5/c1-34-19-12-36-11-18(19)31-10-14(9-26-31)15-4-3-5-16(22(15)35-2)27-17-8-20(28-24(33)13-6-7-13)29-30-21(17)23(25)32/h3-5,8-10,13,18-19H,6-7,11-12H2,1-2H3,(H2,25,32)(H2,27,28,29,33). The first kappa shape index (κ1) is 23.7. The van der Waals surface area contributed by atoms with Crippen LogP contribution in [0.3, 0.4) is 0 Å². The highest BCUT2D eigenvalue weighted by Gasteiger charge is 2.31. The van der Waals surface area contributed by atoms with Crippen molar-refractivity contribution in [3.63, 3.8) is 0 Å². The number of hydrogen-bond acceptors (Lipinski definition) is 9. The van der Waals surface area contributed by atoms with E-state index in [1.54, 1.807) is 26.5 Å². The SMILES string of the molecule is COc1c(Nc2cc(NC(=O)C3CC3)nnc2C(N)=O)cccc1-c1cnn(C2COCC2OC)c1. The van der Waals surface area contributed by atoms with Crippen LogP contribution in [0.25, 0.3) is 11.1 Å². The monoisotopic (exact) mass is 493 g/mol. The van der Waals surface area contributed by atoms with Crippen molar-refractivity contribution in [2.24, 2.45) is 11.7 Å². The zero-order chi connectivity index (χ0) is 25.2. The molecule has 3 heterocycles. The van der Waals surface area contributed by atoms with Crippen LogP contribution in [0.5, 0.6) is 5.75 Å². The van der Waals surface area contributed by atoms with E-state index in [2.05, 4.69) is 25.9 Å². The molecule has 12 nitrogen and oxygen atoms in total. The summed E-state index contributed by atoms with van der Waals surface area (Å²) in [6.45, 7) is 1.03. The number of ether oxygens (including phenoxy) is 3. The number of benzene rings is 1. The van der Waals surface area contributed by atoms with Crippen LogP contribution in [0.2, 0.25) is 0 Å². The van der Waals surface area contributed by atoms with Crippen molar-refractivity contribution < 1.29 is 23.8 Å². The summed E-state index contributed by atoms with van der Waals surface area (Å²) in [6.07, 6.45) is 5.30. The second-order valence-corrected chi connectivity index (χ2v) is 8.72. The lowest BCUT2D eigenvalue weighted by Crippen LogP contribution is -2.24. The van der Waals surface area contributed by atoms with Crippen LogP contribution in [0.1, 0.15) is 29.4 Å². The van der Waals surface area contributed by atoms with Crippen molar-refractivity contribution in [1.82, 2.24) is 20.0 Å². The number of amides is 2. The van der Waals surface area contributed by atoms with E-state index in [1.807, 2.05) is 23.0 Å². The molecule has 1 saturated heterocycles. The Morgan fingerprint density at radius 3 is 2.72 bits per heavy atom. The van der Waals surface area contributed by atoms with Crippen molar-refractivity contribution in [3.8, 4) is 16.9 Å². The van der Waals surface area contributed by atoms with E-state index < -0.39 is 5.91 Å². The summed E-state index contributed by atoms with van der Waals surface area (Å²) in [5.74, 6) is -0.136. The minimum absolute atomic E-state index is 0.00770. The summed E-state index contributed by atoms with van der Waals surface area (Å²) >= 11 is 0. The number of aromatic nitrogens is 4. The second-order valence-electron chi connectivity index (χ2n) is 8.72. The zero-order valence-electron chi connectivity index (χ0n) is 19.9. The fourth-order valence-corrected chi connectivity index (χ4v) is 4.19. The number of methoxy groups -OCH3 is 2. The predicted molar refractivity (Wildman–Crippen MR) is 130 cm³/mol. The fourth-order valence-electron chi connectivity index (χ4n) is 4.19. The quantitative estimate of drug-likeness (QED) is 0.406. The lowest BCUT2D eigenvalue weighted by molar-refractivity contribution is -0.117. The first-order valence-electron chi connectivity index (χ1n) is 11.6. The molecule has 0 radical (unpaired) electrons. The van der Waals surface area contributed by atoms with Crippen LogP contribution >= 0.6 is 0 Å². The molecule has 5 rings (SSSR count). The molecule has 1 aromatic carbocycles. The van der Waals surface area contributed by atoms with Gasteiger partial charge in [-0.2, -0.15) is 5.10 Å². The van der Waals surface area contributed by atoms with Gasteiger partial charge in [-0.3, -0.25) is 14.3 Å². The van der Waals surface area contributed by atoms with Gasteiger partial charge in [0.1, 0.15) is 17.9 Å². The largest absolute Gasteiger partial charge is 0.494 e. The highest BCUT2D eigenvalue weighted by Crippen LogP contribution is 2.39. The Balaban J connectivity index is 1.45. The third kappa shape index (κ3) is 4.72. The summed E-state index contributed by atoms with van der Waals surface area (Å²) in [5, 5.41) is 18.3. The minimum atomic E-state index is -0.757. The van der Waals surface area contributed by atoms with E-state index in [4.69, 9.17) is 19.9 Å². The van der Waals surface area contributed by atoms with Crippen molar-refractivity contribution in [3.05, 3.63) is 42.4 Å². The van der Waals surface area contributed by atoms with Gasteiger partial charge in [-0.25, -0.2) is 0 Å². The predicted octanol–water partition coefficient (Wildman–Crippen LogP) is 2.13. The lowest BCUT2D eigenvalue weighted by Gasteiger charge is -2.17. The molecular formula is C24H27N7O5. The fraction of sp³-hybridized carbons (Fsp3) is 0.375. The van der Waals surface area contributed by atoms with E-state index in [9.17, 15) is 9.59 Å². The van der Waals surface area contributed by atoms with Gasteiger partial charge < -0.3 is 30.6 Å². The van der Waals surface area contributed by atoms with Crippen molar-refractivity contribution >= 4 is 29.0 Å². The highest BCUT2D eigenvalue weighted by molar-refractivity contribution is 5.99. The van der Waals surface area contributed by atoms with Gasteiger partial charge in [0.15, 0.2) is 11.5 Å². The molecule has 2 fully saturated rings. The number of anilines is 3. The van der Waals surface area contributed by atoms with Gasteiger partial charge in [0.05, 0.1) is 37.9 Å². The van der Waals surface area contributed by atoms with Crippen molar-refractivity contribution in [1.29, 1.82) is 0 Å². The average molecular weight is 494 g/mol. The molecule has 1 aliphatic heterocycles. The number of nitrogens with zero attached hydrogens (tertiary/aromatic N) is 4.